The van der Waals surface area contributed by atoms with Crippen LogP contribution in [0.4, 0.5) is 0 Å². The zero-order valence-corrected chi connectivity index (χ0v) is 9.85. The van der Waals surface area contributed by atoms with E-state index in [2.05, 4.69) is 29.7 Å². The summed E-state index contributed by atoms with van der Waals surface area (Å²) < 4.78 is 0. The van der Waals surface area contributed by atoms with Crippen LogP contribution in [0, 0.1) is 0 Å². The lowest BCUT2D eigenvalue weighted by atomic mass is 10.0. The number of aliphatic carboxylic acids is 1. The van der Waals surface area contributed by atoms with E-state index in [1.165, 1.54) is 11.1 Å². The molecule has 0 bridgehead atoms. The van der Waals surface area contributed by atoms with Crippen molar-refractivity contribution in [3.8, 4) is 0 Å². The normalized spacial score (nSPS) is 16.0. The van der Waals surface area contributed by atoms with E-state index >= 15 is 0 Å². The van der Waals surface area contributed by atoms with Gasteiger partial charge in [0.15, 0.2) is 0 Å². The molecule has 3 heteroatoms. The second-order valence-corrected chi connectivity index (χ2v) is 4.49. The first-order valence-electron chi connectivity index (χ1n) is 5.87. The molecule has 1 N–H and O–H groups in total. The number of carboxylic acid groups (broad SMARTS) is 1. The number of aryl methyl sites for hydroxylation is 1. The Kier molecular flexibility index (Phi) is 3.59. The van der Waals surface area contributed by atoms with Crippen molar-refractivity contribution < 1.29 is 9.90 Å². The molecule has 0 aromatic heterocycles. The molecule has 3 nitrogen and oxygen atoms in total. The highest BCUT2D eigenvalue weighted by atomic mass is 16.4. The summed E-state index contributed by atoms with van der Waals surface area (Å²) in [4.78, 5) is 12.9. The summed E-state index contributed by atoms with van der Waals surface area (Å²) >= 11 is 0. The molecule has 0 fully saturated rings. The quantitative estimate of drug-likeness (QED) is 0.810. The average Bonchev–Trinajstić information content (AvgIpc) is 2.50. The number of rotatable bonds is 3. The fourth-order valence-corrected chi connectivity index (χ4v) is 2.24. The molecule has 0 unspecified atom stereocenters. The molecule has 0 amide bonds. The molecule has 0 radical (unpaired) electrons. The standard InChI is InChI=1S/C14H17NO2/c1-11(14(16)17)9-15-8-4-7-12-5-2-3-6-13(12)10-15/h2-3,5-6H,1,4,7-10H2,(H,16,17). The van der Waals surface area contributed by atoms with Gasteiger partial charge in [-0.15, -0.1) is 0 Å². The Morgan fingerprint density at radius 2 is 2.06 bits per heavy atom. The second kappa shape index (κ2) is 5.15. The number of hydrogen-bond donors (Lipinski definition) is 1. The van der Waals surface area contributed by atoms with Gasteiger partial charge in [-0.1, -0.05) is 30.8 Å². The zero-order chi connectivity index (χ0) is 12.3. The van der Waals surface area contributed by atoms with Gasteiger partial charge >= 0.3 is 5.97 Å². The number of benzene rings is 1. The van der Waals surface area contributed by atoms with E-state index < -0.39 is 5.97 Å². The third-order valence-electron chi connectivity index (χ3n) is 3.15. The van der Waals surface area contributed by atoms with E-state index in [0.717, 1.165) is 25.9 Å². The van der Waals surface area contributed by atoms with Crippen molar-refractivity contribution in [2.45, 2.75) is 19.4 Å². The molecule has 0 aliphatic carbocycles. The van der Waals surface area contributed by atoms with Crippen LogP contribution in [0.25, 0.3) is 0 Å². The molecule has 0 saturated carbocycles. The van der Waals surface area contributed by atoms with Crippen molar-refractivity contribution in [2.75, 3.05) is 13.1 Å². The third kappa shape index (κ3) is 2.94. The van der Waals surface area contributed by atoms with Gasteiger partial charge in [0, 0.05) is 18.7 Å². The molecule has 0 saturated heterocycles. The van der Waals surface area contributed by atoms with E-state index in [4.69, 9.17) is 5.11 Å². The van der Waals surface area contributed by atoms with Gasteiger partial charge in [0.1, 0.15) is 0 Å². The summed E-state index contributed by atoms with van der Waals surface area (Å²) in [6.07, 6.45) is 2.15. The van der Waals surface area contributed by atoms with Gasteiger partial charge in [0.2, 0.25) is 0 Å². The van der Waals surface area contributed by atoms with E-state index in [-0.39, 0.29) is 5.57 Å². The molecule has 1 aromatic carbocycles. The van der Waals surface area contributed by atoms with Gasteiger partial charge < -0.3 is 5.11 Å². The molecule has 17 heavy (non-hydrogen) atoms. The Hall–Kier alpha value is -1.61. The molecule has 1 aliphatic heterocycles. The monoisotopic (exact) mass is 231 g/mol. The number of carbonyl (C=O) groups is 1. The molecule has 1 aromatic rings. The van der Waals surface area contributed by atoms with E-state index in [0.29, 0.717) is 6.54 Å². The van der Waals surface area contributed by atoms with Crippen LogP contribution < -0.4 is 0 Å². The molecular weight excluding hydrogens is 214 g/mol. The first-order valence-corrected chi connectivity index (χ1v) is 5.87. The Morgan fingerprint density at radius 1 is 1.35 bits per heavy atom. The minimum atomic E-state index is -0.900. The SMILES string of the molecule is C=C(CN1CCCc2ccccc2C1)C(=O)O. The smallest absolute Gasteiger partial charge is 0.332 e. The fraction of sp³-hybridized carbons (Fsp3) is 0.357. The maximum atomic E-state index is 10.8. The van der Waals surface area contributed by atoms with Crippen LogP contribution in [-0.2, 0) is 17.8 Å². The minimum Gasteiger partial charge on any atom is -0.478 e. The van der Waals surface area contributed by atoms with Crippen molar-refractivity contribution >= 4 is 5.97 Å². The molecule has 90 valence electrons. The Bertz CT molecular complexity index is 440. The van der Waals surface area contributed by atoms with Crippen molar-refractivity contribution in [3.05, 3.63) is 47.5 Å². The lowest BCUT2D eigenvalue weighted by Gasteiger charge is -2.20. The average molecular weight is 231 g/mol. The van der Waals surface area contributed by atoms with Gasteiger partial charge in [-0.2, -0.15) is 0 Å². The molecule has 1 aliphatic rings. The first-order chi connectivity index (χ1) is 8.16. The first kappa shape index (κ1) is 11.9. The summed E-state index contributed by atoms with van der Waals surface area (Å²) in [7, 11) is 0. The van der Waals surface area contributed by atoms with E-state index in [1.807, 2.05) is 6.07 Å². The Labute approximate surface area is 101 Å². The number of hydrogen-bond acceptors (Lipinski definition) is 2. The topological polar surface area (TPSA) is 40.5 Å². The van der Waals surface area contributed by atoms with E-state index in [1.54, 1.807) is 0 Å². The van der Waals surface area contributed by atoms with E-state index in [9.17, 15) is 4.79 Å². The lowest BCUT2D eigenvalue weighted by Crippen LogP contribution is -2.27. The van der Waals surface area contributed by atoms with Gasteiger partial charge in [-0.25, -0.2) is 4.79 Å². The van der Waals surface area contributed by atoms with Crippen molar-refractivity contribution in [1.29, 1.82) is 0 Å². The maximum absolute atomic E-state index is 10.8. The van der Waals surface area contributed by atoms with Crippen molar-refractivity contribution in [2.24, 2.45) is 0 Å². The van der Waals surface area contributed by atoms with Crippen LogP contribution >= 0.6 is 0 Å². The third-order valence-corrected chi connectivity index (χ3v) is 3.15. The van der Waals surface area contributed by atoms with Crippen LogP contribution in [0.15, 0.2) is 36.4 Å². The fourth-order valence-electron chi connectivity index (χ4n) is 2.24. The van der Waals surface area contributed by atoms with Crippen LogP contribution in [0.1, 0.15) is 17.5 Å². The van der Waals surface area contributed by atoms with Gasteiger partial charge in [0.25, 0.3) is 0 Å². The largest absolute Gasteiger partial charge is 0.478 e. The molecule has 0 spiro atoms. The summed E-state index contributed by atoms with van der Waals surface area (Å²) in [5, 5.41) is 8.85. The van der Waals surface area contributed by atoms with Crippen LogP contribution in [0.2, 0.25) is 0 Å². The van der Waals surface area contributed by atoms with Crippen molar-refractivity contribution in [3.63, 3.8) is 0 Å². The highest BCUT2D eigenvalue weighted by Gasteiger charge is 2.16. The predicted octanol–water partition coefficient (Wildman–Crippen LogP) is 2.08. The summed E-state index contributed by atoms with van der Waals surface area (Å²) in [6, 6.07) is 8.38. The van der Waals surface area contributed by atoms with Gasteiger partial charge in [-0.05, 0) is 30.5 Å². The summed E-state index contributed by atoms with van der Waals surface area (Å²) in [5.74, 6) is -0.900. The number of nitrogens with zero attached hydrogens (tertiary/aromatic N) is 1. The molecular formula is C14H17NO2. The van der Waals surface area contributed by atoms with Gasteiger partial charge in [-0.3, -0.25) is 4.90 Å². The zero-order valence-electron chi connectivity index (χ0n) is 9.85. The molecule has 1 heterocycles. The van der Waals surface area contributed by atoms with Crippen molar-refractivity contribution in [1.82, 2.24) is 4.90 Å². The maximum Gasteiger partial charge on any atom is 0.332 e. The van der Waals surface area contributed by atoms with Crippen LogP contribution in [0.3, 0.4) is 0 Å². The second-order valence-electron chi connectivity index (χ2n) is 4.49. The lowest BCUT2D eigenvalue weighted by molar-refractivity contribution is -0.132. The van der Waals surface area contributed by atoms with Crippen LogP contribution in [-0.4, -0.2) is 29.1 Å². The molecule has 2 rings (SSSR count). The summed E-state index contributed by atoms with van der Waals surface area (Å²) in [6.45, 7) is 5.80. The minimum absolute atomic E-state index is 0.268. The van der Waals surface area contributed by atoms with Gasteiger partial charge in [0.05, 0.1) is 0 Å². The Morgan fingerprint density at radius 3 is 2.76 bits per heavy atom. The number of carboxylic acids is 1. The highest BCUT2D eigenvalue weighted by molar-refractivity contribution is 5.86. The van der Waals surface area contributed by atoms with Crippen LogP contribution in [0.5, 0.6) is 0 Å². The molecule has 0 atom stereocenters. The predicted molar refractivity (Wildman–Crippen MR) is 66.8 cm³/mol. The highest BCUT2D eigenvalue weighted by Crippen LogP contribution is 2.18. The Balaban J connectivity index is 2.08. The summed E-state index contributed by atoms with van der Waals surface area (Å²) in [5.41, 5.74) is 2.96. The number of fused-ring (bicyclic) bond motifs is 1.